The van der Waals surface area contributed by atoms with Gasteiger partial charge in [0.05, 0.1) is 5.54 Å². The number of halogens is 3. The molecule has 0 radical (unpaired) electrons. The number of nitrogens with two attached hydrogens (primary N) is 1. The van der Waals surface area contributed by atoms with Crippen molar-refractivity contribution in [3.8, 4) is 0 Å². The van der Waals surface area contributed by atoms with E-state index < -0.39 is 5.54 Å². The molecule has 1 heterocycles. The smallest absolute Gasteiger partial charge is 0.239 e. The van der Waals surface area contributed by atoms with E-state index in [1.54, 1.807) is 13.8 Å². The number of benzene rings is 1. The Morgan fingerprint density at radius 1 is 1.04 bits per heavy atom. The molecule has 1 saturated heterocycles. The van der Waals surface area contributed by atoms with E-state index in [1.807, 2.05) is 0 Å². The molecule has 0 aliphatic carbocycles. The van der Waals surface area contributed by atoms with Gasteiger partial charge in [0, 0.05) is 39.3 Å². The van der Waals surface area contributed by atoms with E-state index in [9.17, 15) is 4.79 Å². The Bertz CT molecular complexity index is 498. The second kappa shape index (κ2) is 11.9. The molecular weight excluding hydrogens is 383 g/mol. The Balaban J connectivity index is 0. The van der Waals surface area contributed by atoms with Gasteiger partial charge in [0.15, 0.2) is 0 Å². The van der Waals surface area contributed by atoms with Crippen LogP contribution < -0.4 is 11.1 Å². The van der Waals surface area contributed by atoms with Crippen LogP contribution in [0.1, 0.15) is 25.0 Å². The van der Waals surface area contributed by atoms with Crippen molar-refractivity contribution in [1.82, 2.24) is 15.1 Å². The Kier molecular flexibility index (Phi) is 12.7. The van der Waals surface area contributed by atoms with E-state index in [0.717, 1.165) is 38.3 Å². The number of carbonyl (C=O) groups excluding carboxylic acids is 1. The minimum atomic E-state index is -0.832. The summed E-state index contributed by atoms with van der Waals surface area (Å²) in [5.41, 5.74) is 7.34. The van der Waals surface area contributed by atoms with Crippen LogP contribution in [0.2, 0.25) is 0 Å². The van der Waals surface area contributed by atoms with Gasteiger partial charge in [-0.2, -0.15) is 0 Å². The molecule has 8 heteroatoms. The highest BCUT2D eigenvalue weighted by atomic mass is 35.5. The molecule has 1 amide bonds. The van der Waals surface area contributed by atoms with Gasteiger partial charge in [-0.25, -0.2) is 0 Å². The van der Waals surface area contributed by atoms with Crippen molar-refractivity contribution in [2.75, 3.05) is 33.2 Å². The maximum atomic E-state index is 11.7. The summed E-state index contributed by atoms with van der Waals surface area (Å²) >= 11 is 0. The lowest BCUT2D eigenvalue weighted by molar-refractivity contribution is -0.125. The van der Waals surface area contributed by atoms with Gasteiger partial charge >= 0.3 is 0 Å². The molecule has 1 aromatic rings. The van der Waals surface area contributed by atoms with Crippen LogP contribution in [-0.4, -0.2) is 54.5 Å². The molecule has 0 spiro atoms. The number of carbonyl (C=O) groups is 1. The van der Waals surface area contributed by atoms with Gasteiger partial charge in [0.25, 0.3) is 0 Å². The lowest BCUT2D eigenvalue weighted by Crippen LogP contribution is -2.48. The summed E-state index contributed by atoms with van der Waals surface area (Å²) in [4.78, 5) is 16.6. The molecule has 0 aromatic heterocycles. The normalized spacial score (nSPS) is 15.4. The average Bonchev–Trinajstić information content (AvgIpc) is 2.47. The Labute approximate surface area is 169 Å². The third kappa shape index (κ3) is 9.08. The first-order valence-electron chi connectivity index (χ1n) is 7.90. The summed E-state index contributed by atoms with van der Waals surface area (Å²) in [7, 11) is 2.17. The molecule has 1 aromatic carbocycles. The van der Waals surface area contributed by atoms with Gasteiger partial charge in [0.1, 0.15) is 0 Å². The van der Waals surface area contributed by atoms with Crippen LogP contribution in [0.4, 0.5) is 0 Å². The van der Waals surface area contributed by atoms with E-state index in [1.165, 1.54) is 5.56 Å². The zero-order valence-corrected chi connectivity index (χ0v) is 17.6. The number of nitrogens with one attached hydrogen (secondary N) is 1. The van der Waals surface area contributed by atoms with Crippen molar-refractivity contribution in [2.45, 2.75) is 32.5 Å². The molecule has 0 bridgehead atoms. The first-order valence-corrected chi connectivity index (χ1v) is 7.90. The fourth-order valence-electron chi connectivity index (χ4n) is 2.44. The zero-order valence-electron chi connectivity index (χ0n) is 15.2. The van der Waals surface area contributed by atoms with Crippen LogP contribution in [0.15, 0.2) is 24.3 Å². The number of hydrogen-bond donors (Lipinski definition) is 2. The molecule has 0 unspecified atom stereocenters. The summed E-state index contributed by atoms with van der Waals surface area (Å²) in [6.07, 6.45) is 0. The van der Waals surface area contributed by atoms with Crippen molar-refractivity contribution >= 4 is 43.1 Å². The highest BCUT2D eigenvalue weighted by Gasteiger charge is 2.21. The van der Waals surface area contributed by atoms with Crippen LogP contribution >= 0.6 is 37.2 Å². The van der Waals surface area contributed by atoms with Crippen LogP contribution in [0.3, 0.4) is 0 Å². The second-order valence-electron chi connectivity index (χ2n) is 6.80. The van der Waals surface area contributed by atoms with Gasteiger partial charge in [0.2, 0.25) is 5.91 Å². The molecular formula is C17H31Cl3N4O. The highest BCUT2D eigenvalue weighted by Crippen LogP contribution is 2.10. The zero-order chi connectivity index (χ0) is 16.2. The first kappa shape index (κ1) is 26.7. The molecule has 5 nitrogen and oxygen atoms in total. The van der Waals surface area contributed by atoms with Crippen molar-refractivity contribution in [2.24, 2.45) is 5.73 Å². The van der Waals surface area contributed by atoms with Gasteiger partial charge in [-0.05, 0) is 32.0 Å². The Hall–Kier alpha value is -0.560. The molecule has 2 rings (SSSR count). The second-order valence-corrected chi connectivity index (χ2v) is 6.80. The third-order valence-corrected chi connectivity index (χ3v) is 4.06. The van der Waals surface area contributed by atoms with Crippen molar-refractivity contribution in [3.63, 3.8) is 0 Å². The van der Waals surface area contributed by atoms with Gasteiger partial charge in [-0.15, -0.1) is 37.2 Å². The van der Waals surface area contributed by atoms with Gasteiger partial charge in [-0.1, -0.05) is 24.3 Å². The molecule has 1 fully saturated rings. The minimum Gasteiger partial charge on any atom is -0.350 e. The number of rotatable bonds is 5. The van der Waals surface area contributed by atoms with Crippen molar-refractivity contribution in [1.29, 1.82) is 0 Å². The fraction of sp³-hybridized carbons (Fsp3) is 0.588. The number of hydrogen-bond acceptors (Lipinski definition) is 4. The third-order valence-electron chi connectivity index (χ3n) is 4.06. The molecule has 25 heavy (non-hydrogen) atoms. The number of nitrogens with zero attached hydrogens (tertiary/aromatic N) is 2. The molecule has 0 atom stereocenters. The van der Waals surface area contributed by atoms with Crippen LogP contribution in [-0.2, 0) is 17.9 Å². The molecule has 0 saturated carbocycles. The molecule has 1 aliphatic heterocycles. The average molecular weight is 414 g/mol. The topological polar surface area (TPSA) is 61.6 Å². The standard InChI is InChI=1S/C17H28N4O.3ClH/c1-17(2,18)16(22)19-12-14-4-6-15(7-5-14)13-21-10-8-20(3)9-11-21;;;/h4-7H,8-13,18H2,1-3H3,(H,19,22);3*1H. The van der Waals surface area contributed by atoms with E-state index in [0.29, 0.717) is 6.54 Å². The van der Waals surface area contributed by atoms with E-state index >= 15 is 0 Å². The number of piperazine rings is 1. The largest absolute Gasteiger partial charge is 0.350 e. The van der Waals surface area contributed by atoms with Gasteiger partial charge < -0.3 is 16.0 Å². The van der Waals surface area contributed by atoms with Crippen molar-refractivity contribution < 1.29 is 4.79 Å². The predicted octanol–water partition coefficient (Wildman–Crippen LogP) is 2.05. The lowest BCUT2D eigenvalue weighted by atomic mass is 10.1. The van der Waals surface area contributed by atoms with Crippen LogP contribution in [0, 0.1) is 0 Å². The summed E-state index contributed by atoms with van der Waals surface area (Å²) in [6, 6.07) is 8.45. The summed E-state index contributed by atoms with van der Waals surface area (Å²) in [5.74, 6) is -0.131. The monoisotopic (exact) mass is 412 g/mol. The van der Waals surface area contributed by atoms with Crippen LogP contribution in [0.25, 0.3) is 0 Å². The SMILES string of the molecule is CN1CCN(Cc2ccc(CNC(=O)C(C)(C)N)cc2)CC1.Cl.Cl.Cl. The number of amides is 1. The first-order chi connectivity index (χ1) is 10.3. The summed E-state index contributed by atoms with van der Waals surface area (Å²) in [6.45, 7) is 9.46. The highest BCUT2D eigenvalue weighted by molar-refractivity contribution is 5.86. The van der Waals surface area contributed by atoms with E-state index in [2.05, 4.69) is 46.4 Å². The quantitative estimate of drug-likeness (QED) is 0.775. The van der Waals surface area contributed by atoms with E-state index in [-0.39, 0.29) is 43.1 Å². The Morgan fingerprint density at radius 2 is 1.52 bits per heavy atom. The Morgan fingerprint density at radius 3 is 2.00 bits per heavy atom. The van der Waals surface area contributed by atoms with Crippen LogP contribution in [0.5, 0.6) is 0 Å². The van der Waals surface area contributed by atoms with Crippen molar-refractivity contribution in [3.05, 3.63) is 35.4 Å². The maximum absolute atomic E-state index is 11.7. The molecule has 1 aliphatic rings. The van der Waals surface area contributed by atoms with E-state index in [4.69, 9.17) is 5.73 Å². The molecule has 146 valence electrons. The lowest BCUT2D eigenvalue weighted by Gasteiger charge is -2.32. The fourth-order valence-corrected chi connectivity index (χ4v) is 2.44. The minimum absolute atomic E-state index is 0. The summed E-state index contributed by atoms with van der Waals surface area (Å²) < 4.78 is 0. The number of likely N-dealkylation sites (N-methyl/N-ethyl adjacent to an activating group) is 1. The van der Waals surface area contributed by atoms with Gasteiger partial charge in [-0.3, -0.25) is 9.69 Å². The summed E-state index contributed by atoms with van der Waals surface area (Å²) in [5, 5.41) is 2.86. The predicted molar refractivity (Wildman–Crippen MR) is 111 cm³/mol. The molecule has 3 N–H and O–H groups in total. The maximum Gasteiger partial charge on any atom is 0.239 e.